The van der Waals surface area contributed by atoms with Crippen LogP contribution in [0.3, 0.4) is 0 Å². The van der Waals surface area contributed by atoms with E-state index in [1.807, 2.05) is 19.1 Å². The van der Waals surface area contributed by atoms with E-state index in [4.69, 9.17) is 14.6 Å². The molecule has 0 amide bonds. The van der Waals surface area contributed by atoms with Crippen molar-refractivity contribution < 1.29 is 19.4 Å². The van der Waals surface area contributed by atoms with Gasteiger partial charge >= 0.3 is 5.97 Å². The van der Waals surface area contributed by atoms with Gasteiger partial charge in [-0.1, -0.05) is 6.92 Å². The smallest absolute Gasteiger partial charge is 0.306 e. The Morgan fingerprint density at radius 1 is 1.30 bits per heavy atom. The van der Waals surface area contributed by atoms with Crippen LogP contribution in [-0.2, 0) is 11.2 Å². The van der Waals surface area contributed by atoms with Gasteiger partial charge in [0.25, 0.3) is 0 Å². The standard InChI is InChI=1S/C16H20O4/c1-10-6-13-14(7-12(10)5-11(2)15(17)18)20-9-16(3-4-16)8-19-13/h6-7,11H,3-5,8-9H2,1-2H3,(H,17,18). The Morgan fingerprint density at radius 2 is 1.90 bits per heavy atom. The van der Waals surface area contributed by atoms with Crippen LogP contribution < -0.4 is 9.47 Å². The lowest BCUT2D eigenvalue weighted by Gasteiger charge is -2.14. The highest BCUT2D eigenvalue weighted by Crippen LogP contribution is 2.49. The number of carboxylic acid groups (broad SMARTS) is 1. The first-order chi connectivity index (χ1) is 9.49. The summed E-state index contributed by atoms with van der Waals surface area (Å²) in [6.45, 7) is 5.15. The highest BCUT2D eigenvalue weighted by atomic mass is 16.5. The third-order valence-electron chi connectivity index (χ3n) is 4.37. The molecule has 4 nitrogen and oxygen atoms in total. The molecule has 1 aromatic rings. The van der Waals surface area contributed by atoms with Gasteiger partial charge < -0.3 is 14.6 Å². The molecule has 0 bridgehead atoms. The Kier molecular flexibility index (Phi) is 3.11. The van der Waals surface area contributed by atoms with Gasteiger partial charge in [0.1, 0.15) is 0 Å². The van der Waals surface area contributed by atoms with E-state index in [9.17, 15) is 4.79 Å². The van der Waals surface area contributed by atoms with Crippen LogP contribution in [0, 0.1) is 18.3 Å². The second-order valence-electron chi connectivity index (χ2n) is 6.25. The summed E-state index contributed by atoms with van der Waals surface area (Å²) in [5.41, 5.74) is 2.31. The molecule has 1 heterocycles. The van der Waals surface area contributed by atoms with Crippen LogP contribution in [0.2, 0.25) is 0 Å². The summed E-state index contributed by atoms with van der Waals surface area (Å²) in [7, 11) is 0. The van der Waals surface area contributed by atoms with E-state index in [-0.39, 0.29) is 5.41 Å². The van der Waals surface area contributed by atoms with E-state index in [1.165, 1.54) is 12.8 Å². The Balaban J connectivity index is 1.84. The first kappa shape index (κ1) is 13.3. The molecule has 2 aliphatic rings. The third-order valence-corrected chi connectivity index (χ3v) is 4.37. The Hall–Kier alpha value is -1.71. The summed E-state index contributed by atoms with van der Waals surface area (Å²) in [5.74, 6) is 0.381. The van der Waals surface area contributed by atoms with Crippen LogP contribution in [0.4, 0.5) is 0 Å². The molecule has 0 saturated heterocycles. The summed E-state index contributed by atoms with van der Waals surface area (Å²) in [6, 6.07) is 3.92. The van der Waals surface area contributed by atoms with Crippen LogP contribution in [0.5, 0.6) is 11.5 Å². The zero-order chi connectivity index (χ0) is 14.3. The molecule has 0 radical (unpaired) electrons. The van der Waals surface area contributed by atoms with Gasteiger partial charge in [0.15, 0.2) is 11.5 Å². The number of ether oxygens (including phenoxy) is 2. The maximum Gasteiger partial charge on any atom is 0.306 e. The minimum absolute atomic E-state index is 0.224. The van der Waals surface area contributed by atoms with E-state index in [2.05, 4.69) is 0 Å². The normalized spacial score (nSPS) is 20.3. The molecule has 108 valence electrons. The van der Waals surface area contributed by atoms with E-state index in [1.54, 1.807) is 6.92 Å². The molecule has 1 unspecified atom stereocenters. The molecule has 1 spiro atoms. The zero-order valence-corrected chi connectivity index (χ0v) is 11.9. The summed E-state index contributed by atoms with van der Waals surface area (Å²) in [4.78, 5) is 11.0. The predicted octanol–water partition coefficient (Wildman–Crippen LogP) is 2.81. The number of hydrogen-bond donors (Lipinski definition) is 1. The molecule has 0 aromatic heterocycles. The zero-order valence-electron chi connectivity index (χ0n) is 11.9. The minimum Gasteiger partial charge on any atom is -0.489 e. The minimum atomic E-state index is -0.770. The molecule has 3 rings (SSSR count). The van der Waals surface area contributed by atoms with Crippen molar-refractivity contribution in [2.75, 3.05) is 13.2 Å². The van der Waals surface area contributed by atoms with Crippen LogP contribution in [0.25, 0.3) is 0 Å². The number of carbonyl (C=O) groups is 1. The lowest BCUT2D eigenvalue weighted by atomic mass is 9.97. The van der Waals surface area contributed by atoms with Gasteiger partial charge in [-0.2, -0.15) is 0 Å². The molecule has 1 aromatic carbocycles. The van der Waals surface area contributed by atoms with Gasteiger partial charge in [0.05, 0.1) is 19.1 Å². The van der Waals surface area contributed by atoms with Crippen LogP contribution in [0.1, 0.15) is 30.9 Å². The molecule has 1 aliphatic heterocycles. The van der Waals surface area contributed by atoms with E-state index in [0.29, 0.717) is 13.0 Å². The number of rotatable bonds is 3. The highest BCUT2D eigenvalue weighted by Gasteiger charge is 2.46. The average Bonchev–Trinajstić information content (AvgIpc) is 3.19. The maximum absolute atomic E-state index is 11.0. The largest absolute Gasteiger partial charge is 0.489 e. The van der Waals surface area contributed by atoms with Crippen LogP contribution in [0.15, 0.2) is 12.1 Å². The number of fused-ring (bicyclic) bond motifs is 1. The number of aryl methyl sites for hydroxylation is 1. The SMILES string of the molecule is Cc1cc2c(cc1CC(C)C(=O)O)OCC1(CC1)CO2. The van der Waals surface area contributed by atoms with Crippen molar-refractivity contribution in [3.8, 4) is 11.5 Å². The van der Waals surface area contributed by atoms with Crippen molar-refractivity contribution in [3.05, 3.63) is 23.3 Å². The monoisotopic (exact) mass is 276 g/mol. The summed E-state index contributed by atoms with van der Waals surface area (Å²) >= 11 is 0. The lowest BCUT2D eigenvalue weighted by Crippen LogP contribution is -2.17. The van der Waals surface area contributed by atoms with Gasteiger partial charge in [0.2, 0.25) is 0 Å². The van der Waals surface area contributed by atoms with Gasteiger partial charge in [-0.3, -0.25) is 4.79 Å². The summed E-state index contributed by atoms with van der Waals surface area (Å²) in [6.07, 6.45) is 2.86. The molecule has 1 aliphatic carbocycles. The number of aliphatic carboxylic acids is 1. The quantitative estimate of drug-likeness (QED) is 0.922. The van der Waals surface area contributed by atoms with Crippen molar-refractivity contribution in [3.63, 3.8) is 0 Å². The molecule has 4 heteroatoms. The second-order valence-corrected chi connectivity index (χ2v) is 6.25. The van der Waals surface area contributed by atoms with E-state index < -0.39 is 11.9 Å². The van der Waals surface area contributed by atoms with Gasteiger partial charge in [-0.05, 0) is 49.4 Å². The van der Waals surface area contributed by atoms with Crippen molar-refractivity contribution in [2.24, 2.45) is 11.3 Å². The fraction of sp³-hybridized carbons (Fsp3) is 0.562. The lowest BCUT2D eigenvalue weighted by molar-refractivity contribution is -0.141. The fourth-order valence-electron chi connectivity index (χ4n) is 2.54. The summed E-state index contributed by atoms with van der Waals surface area (Å²) < 4.78 is 11.8. The fourth-order valence-corrected chi connectivity index (χ4v) is 2.54. The average molecular weight is 276 g/mol. The van der Waals surface area contributed by atoms with Crippen molar-refractivity contribution in [1.82, 2.24) is 0 Å². The van der Waals surface area contributed by atoms with Crippen molar-refractivity contribution in [2.45, 2.75) is 33.1 Å². The topological polar surface area (TPSA) is 55.8 Å². The molecule has 20 heavy (non-hydrogen) atoms. The highest BCUT2D eigenvalue weighted by molar-refractivity contribution is 5.70. The first-order valence-corrected chi connectivity index (χ1v) is 7.11. The van der Waals surface area contributed by atoms with Crippen LogP contribution >= 0.6 is 0 Å². The first-order valence-electron chi connectivity index (χ1n) is 7.11. The second kappa shape index (κ2) is 4.69. The maximum atomic E-state index is 11.0. The Morgan fingerprint density at radius 3 is 2.45 bits per heavy atom. The Bertz CT molecular complexity index is 546. The number of hydrogen-bond acceptors (Lipinski definition) is 3. The third kappa shape index (κ3) is 2.47. The van der Waals surface area contributed by atoms with Crippen molar-refractivity contribution in [1.29, 1.82) is 0 Å². The Labute approximate surface area is 118 Å². The van der Waals surface area contributed by atoms with Crippen LogP contribution in [-0.4, -0.2) is 24.3 Å². The van der Waals surface area contributed by atoms with Gasteiger partial charge in [-0.25, -0.2) is 0 Å². The molecule has 1 atom stereocenters. The summed E-state index contributed by atoms with van der Waals surface area (Å²) in [5, 5.41) is 9.04. The number of carboxylic acids is 1. The molecular formula is C16H20O4. The van der Waals surface area contributed by atoms with E-state index in [0.717, 1.165) is 29.2 Å². The molecular weight excluding hydrogens is 256 g/mol. The molecule has 1 N–H and O–H groups in total. The van der Waals surface area contributed by atoms with Crippen molar-refractivity contribution >= 4 is 5.97 Å². The predicted molar refractivity (Wildman–Crippen MR) is 74.3 cm³/mol. The molecule has 1 fully saturated rings. The van der Waals surface area contributed by atoms with Gasteiger partial charge in [0, 0.05) is 5.41 Å². The molecule has 1 saturated carbocycles. The van der Waals surface area contributed by atoms with E-state index >= 15 is 0 Å². The number of benzene rings is 1. The van der Waals surface area contributed by atoms with Gasteiger partial charge in [-0.15, -0.1) is 0 Å².